The van der Waals surface area contributed by atoms with E-state index in [4.69, 9.17) is 9.84 Å². The Morgan fingerprint density at radius 3 is 2.36 bits per heavy atom. The van der Waals surface area contributed by atoms with Gasteiger partial charge in [0.05, 0.1) is 0 Å². The number of carboxylic acid groups (broad SMARTS) is 1. The number of H-pyrrole nitrogens is 1. The summed E-state index contributed by atoms with van der Waals surface area (Å²) in [5.41, 5.74) is 0.143. The molecule has 122 valence electrons. The van der Waals surface area contributed by atoms with Crippen molar-refractivity contribution in [3.63, 3.8) is 0 Å². The summed E-state index contributed by atoms with van der Waals surface area (Å²) < 4.78 is 5.36. The van der Waals surface area contributed by atoms with Crippen LogP contribution < -0.4 is 0 Å². The standard InChI is InChI=1S/C15H23N3O4/c1-9-11(13(19)20)17-12(16-9)10-5-7-18(8-6-10)14(21)22-15(2,3)4/h10H,5-8H2,1-4H3,(H,16,17)(H,19,20). The van der Waals surface area contributed by atoms with E-state index in [1.807, 2.05) is 20.8 Å². The molecular weight excluding hydrogens is 286 g/mol. The van der Waals surface area contributed by atoms with Crippen molar-refractivity contribution in [3.8, 4) is 0 Å². The molecule has 7 nitrogen and oxygen atoms in total. The summed E-state index contributed by atoms with van der Waals surface area (Å²) in [5, 5.41) is 9.05. The molecule has 1 amide bonds. The van der Waals surface area contributed by atoms with E-state index in [0.29, 0.717) is 24.6 Å². The molecule has 1 aliphatic rings. The first-order valence-corrected chi connectivity index (χ1v) is 7.45. The second kappa shape index (κ2) is 5.98. The Balaban J connectivity index is 1.96. The third-order valence-corrected chi connectivity index (χ3v) is 3.64. The van der Waals surface area contributed by atoms with Crippen LogP contribution in [0.4, 0.5) is 4.79 Å². The van der Waals surface area contributed by atoms with Gasteiger partial charge in [-0.3, -0.25) is 0 Å². The highest BCUT2D eigenvalue weighted by Crippen LogP contribution is 2.27. The van der Waals surface area contributed by atoms with Crippen LogP contribution in [0.15, 0.2) is 0 Å². The van der Waals surface area contributed by atoms with Crippen LogP contribution >= 0.6 is 0 Å². The van der Waals surface area contributed by atoms with Gasteiger partial charge in [0, 0.05) is 24.7 Å². The van der Waals surface area contributed by atoms with E-state index in [1.165, 1.54) is 0 Å². The van der Waals surface area contributed by atoms with Gasteiger partial charge >= 0.3 is 12.1 Å². The van der Waals surface area contributed by atoms with Crippen LogP contribution in [-0.2, 0) is 4.74 Å². The molecule has 0 spiro atoms. The molecule has 1 aromatic rings. The van der Waals surface area contributed by atoms with E-state index in [9.17, 15) is 9.59 Å². The van der Waals surface area contributed by atoms with Crippen LogP contribution in [0, 0.1) is 6.92 Å². The molecule has 0 aromatic carbocycles. The number of imidazole rings is 1. The second-order valence-corrected chi connectivity index (χ2v) is 6.64. The van der Waals surface area contributed by atoms with Crippen molar-refractivity contribution in [1.82, 2.24) is 14.9 Å². The minimum Gasteiger partial charge on any atom is -0.476 e. The minimum absolute atomic E-state index is 0.0737. The number of ether oxygens (including phenoxy) is 1. The number of aromatic nitrogens is 2. The molecule has 1 aliphatic heterocycles. The first-order chi connectivity index (χ1) is 10.2. The number of carbonyl (C=O) groups is 2. The van der Waals surface area contributed by atoms with Crippen LogP contribution in [-0.4, -0.2) is 50.7 Å². The summed E-state index contributed by atoms with van der Waals surface area (Å²) >= 11 is 0. The number of likely N-dealkylation sites (tertiary alicyclic amines) is 1. The van der Waals surface area contributed by atoms with Crippen LogP contribution in [0.25, 0.3) is 0 Å². The number of rotatable bonds is 2. The highest BCUT2D eigenvalue weighted by molar-refractivity contribution is 5.86. The monoisotopic (exact) mass is 309 g/mol. The maximum absolute atomic E-state index is 12.0. The highest BCUT2D eigenvalue weighted by Gasteiger charge is 2.29. The Labute approximate surface area is 129 Å². The topological polar surface area (TPSA) is 95.5 Å². The lowest BCUT2D eigenvalue weighted by molar-refractivity contribution is 0.0203. The number of amides is 1. The highest BCUT2D eigenvalue weighted by atomic mass is 16.6. The first kappa shape index (κ1) is 16.3. The number of aromatic carboxylic acids is 1. The molecule has 2 heterocycles. The zero-order chi connectivity index (χ0) is 16.5. The number of nitrogens with one attached hydrogen (secondary N) is 1. The molecule has 0 bridgehead atoms. The molecule has 7 heteroatoms. The van der Waals surface area contributed by atoms with Crippen LogP contribution in [0.3, 0.4) is 0 Å². The zero-order valence-corrected chi connectivity index (χ0v) is 13.5. The van der Waals surface area contributed by atoms with Crippen molar-refractivity contribution < 1.29 is 19.4 Å². The van der Waals surface area contributed by atoms with Gasteiger partial charge < -0.3 is 19.7 Å². The molecule has 0 radical (unpaired) electrons. The van der Waals surface area contributed by atoms with Crippen molar-refractivity contribution in [1.29, 1.82) is 0 Å². The lowest BCUT2D eigenvalue weighted by Crippen LogP contribution is -2.41. The molecule has 1 saturated heterocycles. The van der Waals surface area contributed by atoms with Crippen LogP contribution in [0.2, 0.25) is 0 Å². The molecule has 0 atom stereocenters. The van der Waals surface area contributed by atoms with E-state index in [2.05, 4.69) is 9.97 Å². The Bertz CT molecular complexity index is 566. The molecule has 0 saturated carbocycles. The predicted octanol–water partition coefficient (Wildman–Crippen LogP) is 2.53. The summed E-state index contributed by atoms with van der Waals surface area (Å²) in [6, 6.07) is 0. The smallest absolute Gasteiger partial charge is 0.410 e. The largest absolute Gasteiger partial charge is 0.476 e. The zero-order valence-electron chi connectivity index (χ0n) is 13.5. The van der Waals surface area contributed by atoms with Crippen molar-refractivity contribution in [3.05, 3.63) is 17.2 Å². The summed E-state index contributed by atoms with van der Waals surface area (Å²) in [5.74, 6) is -0.185. The third kappa shape index (κ3) is 3.78. The fraction of sp³-hybridized carbons (Fsp3) is 0.667. The van der Waals surface area contributed by atoms with E-state index in [-0.39, 0.29) is 17.7 Å². The Morgan fingerprint density at radius 1 is 1.32 bits per heavy atom. The minimum atomic E-state index is -1.02. The quantitative estimate of drug-likeness (QED) is 0.875. The Morgan fingerprint density at radius 2 is 1.91 bits per heavy atom. The average molecular weight is 309 g/mol. The van der Waals surface area contributed by atoms with Gasteiger partial charge in [-0.2, -0.15) is 0 Å². The van der Waals surface area contributed by atoms with E-state index in [0.717, 1.165) is 12.8 Å². The number of nitrogens with zero attached hydrogens (tertiary/aromatic N) is 2. The van der Waals surface area contributed by atoms with Crippen molar-refractivity contribution in [2.24, 2.45) is 0 Å². The third-order valence-electron chi connectivity index (χ3n) is 3.64. The van der Waals surface area contributed by atoms with Gasteiger partial charge in [0.2, 0.25) is 0 Å². The summed E-state index contributed by atoms with van der Waals surface area (Å²) in [7, 11) is 0. The van der Waals surface area contributed by atoms with E-state index in [1.54, 1.807) is 11.8 Å². The fourth-order valence-electron chi connectivity index (χ4n) is 2.55. The maximum Gasteiger partial charge on any atom is 0.410 e. The van der Waals surface area contributed by atoms with Gasteiger partial charge in [0.25, 0.3) is 0 Å². The van der Waals surface area contributed by atoms with Gasteiger partial charge in [-0.15, -0.1) is 0 Å². The van der Waals surface area contributed by atoms with Gasteiger partial charge in [0.15, 0.2) is 5.69 Å². The van der Waals surface area contributed by atoms with Crippen LogP contribution in [0.5, 0.6) is 0 Å². The SMILES string of the molecule is Cc1[nH]c(C2CCN(C(=O)OC(C)(C)C)CC2)nc1C(=O)O. The molecule has 2 rings (SSSR count). The lowest BCUT2D eigenvalue weighted by Gasteiger charge is -2.32. The normalized spacial score (nSPS) is 16.6. The number of carboxylic acids is 1. The maximum atomic E-state index is 12.0. The number of piperidine rings is 1. The first-order valence-electron chi connectivity index (χ1n) is 7.45. The second-order valence-electron chi connectivity index (χ2n) is 6.64. The number of carbonyl (C=O) groups excluding carboxylic acids is 1. The summed E-state index contributed by atoms with van der Waals surface area (Å²) in [6.45, 7) is 8.41. The number of aromatic amines is 1. The Hall–Kier alpha value is -2.05. The van der Waals surface area contributed by atoms with Crippen molar-refractivity contribution >= 4 is 12.1 Å². The molecule has 1 fully saturated rings. The molecule has 0 aliphatic carbocycles. The van der Waals surface area contributed by atoms with Crippen molar-refractivity contribution in [2.45, 2.75) is 52.1 Å². The summed E-state index contributed by atoms with van der Waals surface area (Å²) in [6.07, 6.45) is 1.18. The van der Waals surface area contributed by atoms with E-state index >= 15 is 0 Å². The Kier molecular flexibility index (Phi) is 4.44. The van der Waals surface area contributed by atoms with Gasteiger partial charge in [-0.05, 0) is 40.5 Å². The number of aryl methyl sites for hydroxylation is 1. The average Bonchev–Trinajstić information content (AvgIpc) is 2.79. The summed E-state index contributed by atoms with van der Waals surface area (Å²) in [4.78, 5) is 32.0. The lowest BCUT2D eigenvalue weighted by atomic mass is 9.96. The van der Waals surface area contributed by atoms with E-state index < -0.39 is 11.6 Å². The van der Waals surface area contributed by atoms with Gasteiger partial charge in [-0.1, -0.05) is 0 Å². The molecule has 0 unspecified atom stereocenters. The fourth-order valence-corrected chi connectivity index (χ4v) is 2.55. The molecule has 22 heavy (non-hydrogen) atoms. The molecular formula is C15H23N3O4. The number of hydrogen-bond acceptors (Lipinski definition) is 4. The predicted molar refractivity (Wildman–Crippen MR) is 80.1 cm³/mol. The molecule has 1 aromatic heterocycles. The van der Waals surface area contributed by atoms with Gasteiger partial charge in [-0.25, -0.2) is 14.6 Å². The van der Waals surface area contributed by atoms with Crippen LogP contribution in [0.1, 0.15) is 61.5 Å². The molecule has 2 N–H and O–H groups in total. The number of hydrogen-bond donors (Lipinski definition) is 2. The van der Waals surface area contributed by atoms with Gasteiger partial charge in [0.1, 0.15) is 11.4 Å². The van der Waals surface area contributed by atoms with Crippen molar-refractivity contribution in [2.75, 3.05) is 13.1 Å².